The molecule has 0 bridgehead atoms. The van der Waals surface area contributed by atoms with Crippen LogP contribution in [-0.4, -0.2) is 16.0 Å². The number of nitrogens with zero attached hydrogens (tertiary/aromatic N) is 1. The zero-order valence-corrected chi connectivity index (χ0v) is 13.4. The van der Waals surface area contributed by atoms with Gasteiger partial charge < -0.3 is 10.4 Å². The molecular weight excluding hydrogens is 308 g/mol. The van der Waals surface area contributed by atoms with Gasteiger partial charge in [0.1, 0.15) is 0 Å². The number of aliphatic hydroxyl groups excluding tert-OH is 1. The molecule has 1 amide bonds. The van der Waals surface area contributed by atoms with Crippen LogP contribution in [0.4, 0.5) is 5.69 Å². The summed E-state index contributed by atoms with van der Waals surface area (Å²) in [6.07, 6.45) is 0. The number of carbonyl (C=O) groups excluding carboxylic acids is 1. The Hall–Kier alpha value is -2.50. The van der Waals surface area contributed by atoms with E-state index in [0.717, 1.165) is 21.8 Å². The number of aryl methyl sites for hydroxylation is 1. The summed E-state index contributed by atoms with van der Waals surface area (Å²) < 4.78 is 0. The summed E-state index contributed by atoms with van der Waals surface area (Å²) in [6, 6.07) is 14.6. The predicted molar refractivity (Wildman–Crippen MR) is 92.6 cm³/mol. The van der Waals surface area contributed by atoms with E-state index in [1.807, 2.05) is 30.5 Å². The van der Waals surface area contributed by atoms with E-state index in [-0.39, 0.29) is 12.5 Å². The van der Waals surface area contributed by atoms with Gasteiger partial charge in [-0.15, -0.1) is 11.3 Å². The lowest BCUT2D eigenvalue weighted by atomic mass is 10.1. The van der Waals surface area contributed by atoms with Gasteiger partial charge in [-0.2, -0.15) is 0 Å². The second-order valence-electron chi connectivity index (χ2n) is 5.15. The first-order valence-corrected chi connectivity index (χ1v) is 8.07. The van der Waals surface area contributed by atoms with Crippen molar-refractivity contribution in [3.05, 3.63) is 70.0 Å². The molecule has 3 aromatic rings. The Morgan fingerprint density at radius 2 is 2.04 bits per heavy atom. The molecule has 0 unspecified atom stereocenters. The minimum atomic E-state index is -0.186. The van der Waals surface area contributed by atoms with Crippen molar-refractivity contribution in [2.24, 2.45) is 0 Å². The van der Waals surface area contributed by atoms with Crippen LogP contribution in [0.2, 0.25) is 0 Å². The highest BCUT2D eigenvalue weighted by Crippen LogP contribution is 2.23. The molecule has 1 heterocycles. The number of hydrogen-bond donors (Lipinski definition) is 2. The lowest BCUT2D eigenvalue weighted by Crippen LogP contribution is -2.12. The van der Waals surface area contributed by atoms with Crippen LogP contribution < -0.4 is 5.32 Å². The number of benzene rings is 2. The monoisotopic (exact) mass is 324 g/mol. The number of aromatic nitrogens is 1. The Kier molecular flexibility index (Phi) is 4.50. The minimum Gasteiger partial charge on any atom is -0.392 e. The quantitative estimate of drug-likeness (QED) is 0.766. The molecule has 2 N–H and O–H groups in total. The summed E-state index contributed by atoms with van der Waals surface area (Å²) in [6.45, 7) is 1.90. The molecule has 0 radical (unpaired) electrons. The zero-order valence-electron chi connectivity index (χ0n) is 12.6. The fraction of sp³-hybridized carbons (Fsp3) is 0.111. The van der Waals surface area contributed by atoms with E-state index in [2.05, 4.69) is 10.3 Å². The molecule has 0 fully saturated rings. The molecule has 0 atom stereocenters. The maximum Gasteiger partial charge on any atom is 0.255 e. The van der Waals surface area contributed by atoms with Crippen LogP contribution in [0.15, 0.2) is 53.9 Å². The maximum absolute atomic E-state index is 12.4. The molecular formula is C18H16N2O2S. The SMILES string of the molecule is Cc1nc(-c2cccc(C(=O)Nc3cccc(CO)c3)c2)cs1. The summed E-state index contributed by atoms with van der Waals surface area (Å²) >= 11 is 1.58. The van der Waals surface area contributed by atoms with Gasteiger partial charge in [0.2, 0.25) is 0 Å². The third kappa shape index (κ3) is 3.64. The molecule has 3 rings (SSSR count). The van der Waals surface area contributed by atoms with Gasteiger partial charge >= 0.3 is 0 Å². The minimum absolute atomic E-state index is 0.0532. The molecule has 0 spiro atoms. The van der Waals surface area contributed by atoms with E-state index >= 15 is 0 Å². The maximum atomic E-state index is 12.4. The second kappa shape index (κ2) is 6.73. The normalized spacial score (nSPS) is 10.5. The first-order chi connectivity index (χ1) is 11.2. The van der Waals surface area contributed by atoms with Crippen LogP contribution in [0.25, 0.3) is 11.3 Å². The number of amides is 1. The summed E-state index contributed by atoms with van der Waals surface area (Å²) in [4.78, 5) is 16.9. The Bertz CT molecular complexity index is 842. The van der Waals surface area contributed by atoms with Gasteiger partial charge in [0.25, 0.3) is 5.91 Å². The van der Waals surface area contributed by atoms with E-state index in [9.17, 15) is 4.79 Å². The fourth-order valence-electron chi connectivity index (χ4n) is 2.27. The fourth-order valence-corrected chi connectivity index (χ4v) is 2.89. The summed E-state index contributed by atoms with van der Waals surface area (Å²) in [7, 11) is 0. The number of anilines is 1. The first-order valence-electron chi connectivity index (χ1n) is 7.19. The highest BCUT2D eigenvalue weighted by molar-refractivity contribution is 7.09. The van der Waals surface area contributed by atoms with Gasteiger partial charge in [-0.05, 0) is 36.8 Å². The number of carbonyl (C=O) groups is 1. The van der Waals surface area contributed by atoms with Crippen molar-refractivity contribution in [1.82, 2.24) is 4.98 Å². The lowest BCUT2D eigenvalue weighted by Gasteiger charge is -2.07. The number of hydrogen-bond acceptors (Lipinski definition) is 4. The van der Waals surface area contributed by atoms with Crippen LogP contribution in [0.3, 0.4) is 0 Å². The van der Waals surface area contributed by atoms with Crippen LogP contribution >= 0.6 is 11.3 Å². The van der Waals surface area contributed by atoms with Crippen LogP contribution in [0.1, 0.15) is 20.9 Å². The number of thiazole rings is 1. The third-order valence-corrected chi connectivity index (χ3v) is 4.18. The Labute approximate surface area is 138 Å². The molecule has 0 aliphatic heterocycles. The van der Waals surface area contributed by atoms with E-state index in [1.54, 1.807) is 41.7 Å². The number of rotatable bonds is 4. The van der Waals surface area contributed by atoms with Crippen molar-refractivity contribution >= 4 is 22.9 Å². The topological polar surface area (TPSA) is 62.2 Å². The van der Waals surface area contributed by atoms with Gasteiger partial charge in [0, 0.05) is 22.2 Å². The van der Waals surface area contributed by atoms with Crippen molar-refractivity contribution in [2.75, 3.05) is 5.32 Å². The Balaban J connectivity index is 1.82. The average molecular weight is 324 g/mol. The molecule has 0 aliphatic rings. The van der Waals surface area contributed by atoms with Crippen molar-refractivity contribution < 1.29 is 9.90 Å². The van der Waals surface area contributed by atoms with Crippen LogP contribution in [-0.2, 0) is 6.61 Å². The van der Waals surface area contributed by atoms with Gasteiger partial charge in [-0.3, -0.25) is 4.79 Å². The third-order valence-electron chi connectivity index (χ3n) is 3.41. The van der Waals surface area contributed by atoms with Gasteiger partial charge in [-0.1, -0.05) is 24.3 Å². The van der Waals surface area contributed by atoms with Gasteiger partial charge in [0.15, 0.2) is 0 Å². The van der Waals surface area contributed by atoms with E-state index < -0.39 is 0 Å². The highest BCUT2D eigenvalue weighted by atomic mass is 32.1. The van der Waals surface area contributed by atoms with Gasteiger partial charge in [-0.25, -0.2) is 4.98 Å². The standard InChI is InChI=1S/C18H16N2O2S/c1-12-19-17(11-23-12)14-5-3-6-15(9-14)18(22)20-16-7-2-4-13(8-16)10-21/h2-9,11,21H,10H2,1H3,(H,20,22). The molecule has 0 saturated heterocycles. The van der Waals surface area contributed by atoms with Crippen LogP contribution in [0.5, 0.6) is 0 Å². The van der Waals surface area contributed by atoms with Crippen molar-refractivity contribution in [1.29, 1.82) is 0 Å². The second-order valence-corrected chi connectivity index (χ2v) is 6.21. The lowest BCUT2D eigenvalue weighted by molar-refractivity contribution is 0.102. The van der Waals surface area contributed by atoms with E-state index in [1.165, 1.54) is 0 Å². The predicted octanol–water partition coefficient (Wildman–Crippen LogP) is 3.86. The molecule has 4 nitrogen and oxygen atoms in total. The highest BCUT2D eigenvalue weighted by Gasteiger charge is 2.09. The van der Waals surface area contributed by atoms with Gasteiger partial charge in [0.05, 0.1) is 17.3 Å². The Morgan fingerprint density at radius 3 is 2.78 bits per heavy atom. The van der Waals surface area contributed by atoms with Crippen molar-refractivity contribution in [2.45, 2.75) is 13.5 Å². The molecule has 23 heavy (non-hydrogen) atoms. The molecule has 116 valence electrons. The molecule has 0 aliphatic carbocycles. The molecule has 0 saturated carbocycles. The van der Waals surface area contributed by atoms with Crippen LogP contribution in [0, 0.1) is 6.92 Å². The van der Waals surface area contributed by atoms with Crippen molar-refractivity contribution in [3.8, 4) is 11.3 Å². The summed E-state index contributed by atoms with van der Waals surface area (Å²) in [5.41, 5.74) is 3.80. The first kappa shape index (κ1) is 15.4. The summed E-state index contributed by atoms with van der Waals surface area (Å²) in [5.74, 6) is -0.186. The smallest absolute Gasteiger partial charge is 0.255 e. The molecule has 5 heteroatoms. The molecule has 1 aromatic heterocycles. The van der Waals surface area contributed by atoms with E-state index in [4.69, 9.17) is 5.11 Å². The van der Waals surface area contributed by atoms with E-state index in [0.29, 0.717) is 11.3 Å². The summed E-state index contributed by atoms with van der Waals surface area (Å²) in [5, 5.41) is 15.0. The zero-order chi connectivity index (χ0) is 16.2. The number of aliphatic hydroxyl groups is 1. The Morgan fingerprint density at radius 1 is 1.22 bits per heavy atom. The van der Waals surface area contributed by atoms with Crippen molar-refractivity contribution in [3.63, 3.8) is 0 Å². The molecule has 2 aromatic carbocycles. The average Bonchev–Trinajstić information content (AvgIpc) is 3.01. The number of nitrogens with one attached hydrogen (secondary N) is 1. The largest absolute Gasteiger partial charge is 0.392 e.